The number of anilines is 3. The van der Waals surface area contributed by atoms with Gasteiger partial charge in [-0.15, -0.1) is 11.8 Å². The minimum atomic E-state index is -0.302. The van der Waals surface area contributed by atoms with Crippen molar-refractivity contribution in [1.82, 2.24) is 4.98 Å². The van der Waals surface area contributed by atoms with Crippen LogP contribution >= 0.6 is 23.1 Å². The van der Waals surface area contributed by atoms with Crippen LogP contribution in [0.2, 0.25) is 0 Å². The Balaban J connectivity index is 1.94. The summed E-state index contributed by atoms with van der Waals surface area (Å²) in [5, 5.41) is 3.73. The zero-order chi connectivity index (χ0) is 21.0. The molecule has 152 valence electrons. The SMILES string of the molecule is COc1ccc(C(=O)c2sc(Nc3cccc(SC)c3)nc2N)c(OC)c1OC. The molecule has 0 bridgehead atoms. The first-order valence-electron chi connectivity index (χ1n) is 8.53. The van der Waals surface area contributed by atoms with Crippen LogP contribution in [0.4, 0.5) is 16.6 Å². The van der Waals surface area contributed by atoms with E-state index in [1.807, 2.05) is 30.5 Å². The number of benzene rings is 2. The van der Waals surface area contributed by atoms with Gasteiger partial charge in [0.2, 0.25) is 11.5 Å². The molecule has 0 fully saturated rings. The predicted molar refractivity (Wildman–Crippen MR) is 118 cm³/mol. The Morgan fingerprint density at radius 2 is 1.86 bits per heavy atom. The van der Waals surface area contributed by atoms with E-state index < -0.39 is 0 Å². The summed E-state index contributed by atoms with van der Waals surface area (Å²) >= 11 is 2.82. The molecule has 0 aliphatic carbocycles. The van der Waals surface area contributed by atoms with Crippen molar-refractivity contribution in [3.05, 3.63) is 46.8 Å². The van der Waals surface area contributed by atoms with E-state index in [1.165, 1.54) is 32.7 Å². The molecule has 3 N–H and O–H groups in total. The normalized spacial score (nSPS) is 10.5. The van der Waals surface area contributed by atoms with Crippen molar-refractivity contribution in [3.63, 3.8) is 0 Å². The van der Waals surface area contributed by atoms with Crippen molar-refractivity contribution in [2.75, 3.05) is 38.6 Å². The monoisotopic (exact) mass is 431 g/mol. The zero-order valence-electron chi connectivity index (χ0n) is 16.4. The summed E-state index contributed by atoms with van der Waals surface area (Å²) in [5.41, 5.74) is 7.23. The highest BCUT2D eigenvalue weighted by Crippen LogP contribution is 2.41. The van der Waals surface area contributed by atoms with Gasteiger partial charge in [-0.1, -0.05) is 17.4 Å². The molecule has 0 amide bonds. The number of nitrogens with zero attached hydrogens (tertiary/aromatic N) is 1. The minimum Gasteiger partial charge on any atom is -0.493 e. The van der Waals surface area contributed by atoms with Gasteiger partial charge in [-0.25, -0.2) is 4.98 Å². The van der Waals surface area contributed by atoms with Gasteiger partial charge in [0, 0.05) is 10.6 Å². The number of ether oxygens (including phenoxy) is 3. The molecule has 0 saturated carbocycles. The quantitative estimate of drug-likeness (QED) is 0.399. The van der Waals surface area contributed by atoms with E-state index in [0.717, 1.165) is 10.6 Å². The molecule has 1 heterocycles. The van der Waals surface area contributed by atoms with Crippen LogP contribution in [0.3, 0.4) is 0 Å². The number of nitrogens with two attached hydrogens (primary N) is 1. The third kappa shape index (κ3) is 4.25. The van der Waals surface area contributed by atoms with Crippen LogP contribution in [0.5, 0.6) is 17.2 Å². The van der Waals surface area contributed by atoms with Crippen molar-refractivity contribution in [1.29, 1.82) is 0 Å². The lowest BCUT2D eigenvalue weighted by Gasteiger charge is -2.14. The number of carbonyl (C=O) groups excluding carboxylic acids is 1. The van der Waals surface area contributed by atoms with Crippen LogP contribution in [0.1, 0.15) is 15.2 Å². The van der Waals surface area contributed by atoms with Crippen LogP contribution in [0.25, 0.3) is 0 Å². The molecule has 0 spiro atoms. The summed E-state index contributed by atoms with van der Waals surface area (Å²) in [7, 11) is 4.47. The lowest BCUT2D eigenvalue weighted by atomic mass is 10.1. The Hall–Kier alpha value is -2.91. The van der Waals surface area contributed by atoms with Crippen molar-refractivity contribution in [2.45, 2.75) is 4.90 Å². The molecule has 3 aromatic rings. The molecule has 2 aromatic carbocycles. The fourth-order valence-electron chi connectivity index (χ4n) is 2.77. The average Bonchev–Trinajstić information content (AvgIpc) is 3.11. The molecule has 0 aliphatic rings. The summed E-state index contributed by atoms with van der Waals surface area (Å²) in [6.07, 6.45) is 2.01. The number of hydrogen-bond donors (Lipinski definition) is 2. The van der Waals surface area contributed by atoms with E-state index in [1.54, 1.807) is 23.9 Å². The van der Waals surface area contributed by atoms with Crippen LogP contribution in [0.15, 0.2) is 41.3 Å². The number of carbonyl (C=O) groups is 1. The van der Waals surface area contributed by atoms with Crippen molar-refractivity contribution < 1.29 is 19.0 Å². The Morgan fingerprint density at radius 3 is 2.52 bits per heavy atom. The van der Waals surface area contributed by atoms with Crippen LogP contribution in [0, 0.1) is 0 Å². The summed E-state index contributed by atoms with van der Waals surface area (Å²) in [6, 6.07) is 11.2. The number of thioether (sulfide) groups is 1. The highest BCUT2D eigenvalue weighted by atomic mass is 32.2. The van der Waals surface area contributed by atoms with Gasteiger partial charge in [0.15, 0.2) is 16.6 Å². The van der Waals surface area contributed by atoms with Gasteiger partial charge in [0.1, 0.15) is 10.7 Å². The summed E-state index contributed by atoms with van der Waals surface area (Å²) in [6.45, 7) is 0. The van der Waals surface area contributed by atoms with Crippen molar-refractivity contribution in [3.8, 4) is 17.2 Å². The van der Waals surface area contributed by atoms with Crippen LogP contribution < -0.4 is 25.3 Å². The molecule has 0 atom stereocenters. The molecule has 9 heteroatoms. The van der Waals surface area contributed by atoms with E-state index >= 15 is 0 Å². The summed E-state index contributed by atoms with van der Waals surface area (Å²) < 4.78 is 16.1. The van der Waals surface area contributed by atoms with Gasteiger partial charge in [-0.2, -0.15) is 0 Å². The first-order chi connectivity index (χ1) is 14.0. The van der Waals surface area contributed by atoms with Gasteiger partial charge >= 0.3 is 0 Å². The smallest absolute Gasteiger partial charge is 0.210 e. The standard InChI is InChI=1S/C20H21N3O4S2/c1-25-14-9-8-13(16(26-2)17(14)27-3)15(24)18-19(21)23-20(29-18)22-11-6-5-7-12(10-11)28-4/h5-10H,21H2,1-4H3,(H,22,23). The topological polar surface area (TPSA) is 95.7 Å². The number of aromatic nitrogens is 1. The summed E-state index contributed by atoms with van der Waals surface area (Å²) in [4.78, 5) is 18.9. The first kappa shape index (κ1) is 20.8. The molecule has 7 nitrogen and oxygen atoms in total. The number of rotatable bonds is 8. The second-order valence-corrected chi connectivity index (χ2v) is 7.68. The Bertz CT molecular complexity index is 1040. The number of thiazole rings is 1. The van der Waals surface area contributed by atoms with Gasteiger partial charge in [-0.05, 0) is 36.6 Å². The largest absolute Gasteiger partial charge is 0.493 e. The third-order valence-electron chi connectivity index (χ3n) is 4.13. The molecule has 0 saturated heterocycles. The van der Waals surface area contributed by atoms with Crippen molar-refractivity contribution in [2.24, 2.45) is 0 Å². The van der Waals surface area contributed by atoms with Crippen LogP contribution in [-0.2, 0) is 0 Å². The highest BCUT2D eigenvalue weighted by molar-refractivity contribution is 7.98. The fraction of sp³-hybridized carbons (Fsp3) is 0.200. The maximum Gasteiger partial charge on any atom is 0.210 e. The Kier molecular flexibility index (Phi) is 6.50. The third-order valence-corrected chi connectivity index (χ3v) is 5.84. The minimum absolute atomic E-state index is 0.153. The molecule has 0 unspecified atom stereocenters. The van der Waals surface area contributed by atoms with E-state index in [2.05, 4.69) is 10.3 Å². The van der Waals surface area contributed by atoms with Crippen molar-refractivity contribution >= 4 is 45.5 Å². The lowest BCUT2D eigenvalue weighted by Crippen LogP contribution is -2.06. The number of methoxy groups -OCH3 is 3. The van der Waals surface area contributed by atoms with Gasteiger partial charge < -0.3 is 25.3 Å². The maximum absolute atomic E-state index is 13.2. The Morgan fingerprint density at radius 1 is 1.10 bits per heavy atom. The number of nitrogens with one attached hydrogen (secondary N) is 1. The fourth-order valence-corrected chi connectivity index (χ4v) is 4.09. The van der Waals surface area contributed by atoms with E-state index in [4.69, 9.17) is 19.9 Å². The number of hydrogen-bond acceptors (Lipinski definition) is 9. The molecule has 0 aliphatic heterocycles. The van der Waals surface area contributed by atoms with E-state index in [9.17, 15) is 4.79 Å². The maximum atomic E-state index is 13.2. The molecular formula is C20H21N3O4S2. The second kappa shape index (κ2) is 9.06. The lowest BCUT2D eigenvalue weighted by molar-refractivity contribution is 0.103. The molecule has 0 radical (unpaired) electrons. The molecule has 3 rings (SSSR count). The van der Waals surface area contributed by atoms with Gasteiger partial charge in [0.05, 0.1) is 26.9 Å². The zero-order valence-corrected chi connectivity index (χ0v) is 18.1. The van der Waals surface area contributed by atoms with Gasteiger partial charge in [-0.3, -0.25) is 4.79 Å². The second-order valence-electron chi connectivity index (χ2n) is 5.80. The number of ketones is 1. The summed E-state index contributed by atoms with van der Waals surface area (Å²) in [5.74, 6) is 0.946. The Labute approximate surface area is 177 Å². The van der Waals surface area contributed by atoms with E-state index in [0.29, 0.717) is 27.1 Å². The predicted octanol–water partition coefficient (Wildman–Crippen LogP) is 4.45. The van der Waals surface area contributed by atoms with Gasteiger partial charge in [0.25, 0.3) is 0 Å². The molecule has 29 heavy (non-hydrogen) atoms. The average molecular weight is 432 g/mol. The first-order valence-corrected chi connectivity index (χ1v) is 10.6. The number of nitrogen functional groups attached to an aromatic ring is 1. The highest BCUT2D eigenvalue weighted by Gasteiger charge is 2.25. The van der Waals surface area contributed by atoms with Crippen LogP contribution in [-0.4, -0.2) is 38.4 Å². The van der Waals surface area contributed by atoms with E-state index in [-0.39, 0.29) is 17.4 Å². The molecule has 1 aromatic heterocycles. The molecular weight excluding hydrogens is 410 g/mol.